The van der Waals surface area contributed by atoms with Crippen molar-refractivity contribution in [3.63, 3.8) is 0 Å². The smallest absolute Gasteiger partial charge is 0.387 e. The SMILES string of the molecule is CCCCC(CC)COC(=O)CCSc1cccc(OC(F)F)c1[C@H]1C[C@H](O)c2nc3ccc(Cl)cc3n21. The first kappa shape index (κ1) is 28.6. The van der Waals surface area contributed by atoms with Crippen molar-refractivity contribution < 1.29 is 28.2 Å². The lowest BCUT2D eigenvalue weighted by molar-refractivity contribution is -0.144. The first-order valence-corrected chi connectivity index (χ1v) is 14.4. The van der Waals surface area contributed by atoms with Gasteiger partial charge in [0.1, 0.15) is 17.7 Å². The Morgan fingerprint density at radius 3 is 2.84 bits per heavy atom. The van der Waals surface area contributed by atoms with Crippen LogP contribution in [0.2, 0.25) is 5.02 Å². The second kappa shape index (κ2) is 13.1. The van der Waals surface area contributed by atoms with Gasteiger partial charge in [-0.3, -0.25) is 4.79 Å². The van der Waals surface area contributed by atoms with E-state index in [-0.39, 0.29) is 24.6 Å². The Morgan fingerprint density at radius 1 is 1.29 bits per heavy atom. The number of alkyl halides is 2. The first-order chi connectivity index (χ1) is 18.3. The molecule has 2 heterocycles. The van der Waals surface area contributed by atoms with Crippen LogP contribution in [0.15, 0.2) is 41.3 Å². The minimum absolute atomic E-state index is 0.0308. The van der Waals surface area contributed by atoms with E-state index in [9.17, 15) is 18.7 Å². The molecular weight excluding hydrogens is 534 g/mol. The van der Waals surface area contributed by atoms with Crippen LogP contribution < -0.4 is 4.74 Å². The molecule has 4 rings (SSSR count). The maximum atomic E-state index is 13.4. The number of nitrogens with zero attached hydrogens (tertiary/aromatic N) is 2. The van der Waals surface area contributed by atoms with Gasteiger partial charge in [-0.15, -0.1) is 11.8 Å². The molecule has 1 N–H and O–H groups in total. The number of unbranched alkanes of at least 4 members (excludes halogenated alkanes) is 1. The normalized spacial score (nSPS) is 17.7. The molecule has 0 saturated heterocycles. The number of hydrogen-bond donors (Lipinski definition) is 1. The van der Waals surface area contributed by atoms with Gasteiger partial charge in [-0.1, -0.05) is 50.8 Å². The van der Waals surface area contributed by atoms with Gasteiger partial charge in [-0.25, -0.2) is 4.98 Å². The summed E-state index contributed by atoms with van der Waals surface area (Å²) >= 11 is 7.62. The van der Waals surface area contributed by atoms with Crippen molar-refractivity contribution in [2.45, 2.75) is 76.0 Å². The van der Waals surface area contributed by atoms with E-state index in [1.54, 1.807) is 24.3 Å². The van der Waals surface area contributed by atoms with Gasteiger partial charge in [0, 0.05) is 27.7 Å². The summed E-state index contributed by atoms with van der Waals surface area (Å²) < 4.78 is 39.0. The molecule has 0 fully saturated rings. The van der Waals surface area contributed by atoms with Gasteiger partial charge in [0.05, 0.1) is 30.1 Å². The summed E-state index contributed by atoms with van der Waals surface area (Å²) in [5.41, 5.74) is 1.88. The Kier molecular flexibility index (Phi) is 9.90. The van der Waals surface area contributed by atoms with E-state index < -0.39 is 18.8 Å². The van der Waals surface area contributed by atoms with E-state index in [1.165, 1.54) is 17.8 Å². The molecule has 1 aromatic heterocycles. The fraction of sp³-hybridized carbons (Fsp3) is 0.500. The summed E-state index contributed by atoms with van der Waals surface area (Å²) in [4.78, 5) is 17.7. The second-order valence-corrected chi connectivity index (χ2v) is 11.1. The summed E-state index contributed by atoms with van der Waals surface area (Å²) in [6, 6.07) is 9.70. The van der Waals surface area contributed by atoms with E-state index in [1.807, 2.05) is 10.6 Å². The fourth-order valence-electron chi connectivity index (χ4n) is 4.92. The Bertz CT molecular complexity index is 1260. The van der Waals surface area contributed by atoms with Crippen molar-refractivity contribution in [1.82, 2.24) is 9.55 Å². The summed E-state index contributed by atoms with van der Waals surface area (Å²) in [6.07, 6.45) is 3.79. The van der Waals surface area contributed by atoms with Crippen molar-refractivity contribution in [3.05, 3.63) is 52.8 Å². The monoisotopic (exact) mass is 566 g/mol. The van der Waals surface area contributed by atoms with Crippen LogP contribution in [-0.2, 0) is 9.53 Å². The van der Waals surface area contributed by atoms with Crippen molar-refractivity contribution in [3.8, 4) is 5.75 Å². The number of hydrogen-bond acceptors (Lipinski definition) is 6. The van der Waals surface area contributed by atoms with Crippen molar-refractivity contribution in [2.75, 3.05) is 12.4 Å². The lowest BCUT2D eigenvalue weighted by Crippen LogP contribution is -2.14. The molecule has 6 nitrogen and oxygen atoms in total. The average molecular weight is 567 g/mol. The molecule has 38 heavy (non-hydrogen) atoms. The van der Waals surface area contributed by atoms with Crippen LogP contribution in [0.3, 0.4) is 0 Å². The van der Waals surface area contributed by atoms with Gasteiger partial charge in [0.2, 0.25) is 0 Å². The molecular formula is C28H33ClF2N2O4S. The van der Waals surface area contributed by atoms with Gasteiger partial charge in [-0.2, -0.15) is 8.78 Å². The maximum Gasteiger partial charge on any atom is 0.387 e. The zero-order valence-corrected chi connectivity index (χ0v) is 23.1. The van der Waals surface area contributed by atoms with Crippen LogP contribution in [0.5, 0.6) is 5.75 Å². The minimum Gasteiger partial charge on any atom is -0.465 e. The van der Waals surface area contributed by atoms with Crippen molar-refractivity contribution in [1.29, 1.82) is 0 Å². The molecule has 2 aromatic carbocycles. The molecule has 1 unspecified atom stereocenters. The Hall–Kier alpha value is -2.36. The highest BCUT2D eigenvalue weighted by atomic mass is 35.5. The first-order valence-electron chi connectivity index (χ1n) is 13.0. The van der Waals surface area contributed by atoms with E-state index in [0.29, 0.717) is 50.6 Å². The average Bonchev–Trinajstić information content (AvgIpc) is 3.41. The summed E-state index contributed by atoms with van der Waals surface area (Å²) in [6.45, 7) is 1.65. The topological polar surface area (TPSA) is 73.6 Å². The molecule has 1 aliphatic rings. The fourth-order valence-corrected chi connectivity index (χ4v) is 6.14. The third-order valence-corrected chi connectivity index (χ3v) is 8.21. The molecule has 0 radical (unpaired) electrons. The van der Waals surface area contributed by atoms with Crippen LogP contribution >= 0.6 is 23.4 Å². The van der Waals surface area contributed by atoms with Crippen LogP contribution in [0.4, 0.5) is 8.78 Å². The number of imidazole rings is 1. The number of thioether (sulfide) groups is 1. The number of halogens is 3. The lowest BCUT2D eigenvalue weighted by Gasteiger charge is -2.22. The largest absolute Gasteiger partial charge is 0.465 e. The van der Waals surface area contributed by atoms with Crippen molar-refractivity contribution in [2.24, 2.45) is 5.92 Å². The molecule has 10 heteroatoms. The van der Waals surface area contributed by atoms with Gasteiger partial charge in [0.25, 0.3) is 0 Å². The number of carbonyl (C=O) groups excluding carboxylic acids is 1. The van der Waals surface area contributed by atoms with Gasteiger partial charge in [0.15, 0.2) is 0 Å². The maximum absolute atomic E-state index is 13.4. The van der Waals surface area contributed by atoms with E-state index >= 15 is 0 Å². The molecule has 0 spiro atoms. The third-order valence-electron chi connectivity index (χ3n) is 6.90. The number of fused-ring (bicyclic) bond motifs is 3. The zero-order chi connectivity index (χ0) is 27.2. The molecule has 0 amide bonds. The second-order valence-electron chi connectivity index (χ2n) is 9.48. The number of ether oxygens (including phenoxy) is 2. The van der Waals surface area contributed by atoms with Gasteiger partial charge >= 0.3 is 12.6 Å². The number of carbonyl (C=O) groups is 1. The molecule has 206 valence electrons. The predicted molar refractivity (Wildman–Crippen MR) is 145 cm³/mol. The summed E-state index contributed by atoms with van der Waals surface area (Å²) in [5, 5.41) is 11.3. The quantitative estimate of drug-likeness (QED) is 0.170. The van der Waals surface area contributed by atoms with Crippen LogP contribution in [0, 0.1) is 5.92 Å². The lowest BCUT2D eigenvalue weighted by atomic mass is 10.0. The van der Waals surface area contributed by atoms with Crippen LogP contribution in [-0.4, -0.2) is 39.6 Å². The molecule has 0 bridgehead atoms. The molecule has 3 atom stereocenters. The van der Waals surface area contributed by atoms with E-state index in [4.69, 9.17) is 21.1 Å². The van der Waals surface area contributed by atoms with Gasteiger partial charge < -0.3 is 19.1 Å². The van der Waals surface area contributed by atoms with Crippen LogP contribution in [0.1, 0.15) is 75.9 Å². The molecule has 0 aliphatic carbocycles. The Balaban J connectivity index is 1.55. The number of benzene rings is 2. The van der Waals surface area contributed by atoms with E-state index in [2.05, 4.69) is 18.8 Å². The third kappa shape index (κ3) is 6.61. The van der Waals surface area contributed by atoms with Crippen molar-refractivity contribution >= 4 is 40.4 Å². The standard InChI is InChI=1S/C28H33ClF2N2O4S/c1-3-5-7-17(4-2)16-36-25(35)12-13-38-24-9-6-8-23(37-28(30)31)26(24)21-15-22(34)27-32-19-11-10-18(29)14-20(19)33(21)27/h6,8-11,14,17,21-22,28,34H,3-5,7,12-13,15-16H2,1-2H3/t17?,21-,22+/m1/s1. The predicted octanol–water partition coefficient (Wildman–Crippen LogP) is 7.56. The molecule has 1 aliphatic heterocycles. The summed E-state index contributed by atoms with van der Waals surface area (Å²) in [7, 11) is 0. The van der Waals surface area contributed by atoms with E-state index in [0.717, 1.165) is 25.7 Å². The number of aliphatic hydroxyl groups is 1. The Morgan fingerprint density at radius 2 is 2.11 bits per heavy atom. The number of rotatable bonds is 13. The Labute approximate surface area is 230 Å². The van der Waals surface area contributed by atoms with Gasteiger partial charge in [-0.05, 0) is 42.7 Å². The molecule has 0 saturated carbocycles. The zero-order valence-electron chi connectivity index (χ0n) is 21.5. The highest BCUT2D eigenvalue weighted by Gasteiger charge is 2.37. The minimum atomic E-state index is -3.01. The summed E-state index contributed by atoms with van der Waals surface area (Å²) in [5.74, 6) is 0.981. The highest BCUT2D eigenvalue weighted by molar-refractivity contribution is 7.99. The number of esters is 1. The number of aliphatic hydroxyl groups excluding tert-OH is 1. The number of aromatic nitrogens is 2. The highest BCUT2D eigenvalue weighted by Crippen LogP contribution is 2.47. The molecule has 3 aromatic rings. The van der Waals surface area contributed by atoms with Crippen LogP contribution in [0.25, 0.3) is 11.0 Å².